The van der Waals surface area contributed by atoms with Gasteiger partial charge in [0, 0.05) is 37.0 Å². The highest BCUT2D eigenvalue weighted by Gasteiger charge is 2.25. The van der Waals surface area contributed by atoms with Crippen LogP contribution in [0.15, 0.2) is 26.4 Å². The summed E-state index contributed by atoms with van der Waals surface area (Å²) in [6, 6.07) is 1.70. The maximum Gasteiger partial charge on any atom is 0.330 e. The first-order valence-electron chi connectivity index (χ1n) is 9.85. The molecule has 0 aromatic carbocycles. The second-order valence-corrected chi connectivity index (χ2v) is 8.69. The largest absolute Gasteiger partial charge is 0.383 e. The van der Waals surface area contributed by atoms with E-state index in [0.717, 1.165) is 0 Å². The molecule has 2 heterocycles. The smallest absolute Gasteiger partial charge is 0.330 e. The SMILES string of the molecule is CC(C)CN(C(=O)CCNC(=O)c1ccsc1)c1c(N)n(CC(C)C)c(=O)[nH]c1=O. The standard InChI is InChI=1S/C20H29N5O4S/c1-12(2)9-24(15(26)5-7-22-18(27)14-6-8-30-11-14)16-17(21)25(10-13(3)4)20(29)23-19(16)28/h6,8,11-13H,5,7,9-10,21H2,1-4H3,(H,22,27)(H,23,28,29). The predicted molar refractivity (Wildman–Crippen MR) is 119 cm³/mol. The topological polar surface area (TPSA) is 130 Å². The van der Waals surface area contributed by atoms with Gasteiger partial charge < -0.3 is 16.0 Å². The number of thiophene rings is 1. The van der Waals surface area contributed by atoms with E-state index in [9.17, 15) is 19.2 Å². The highest BCUT2D eigenvalue weighted by molar-refractivity contribution is 7.08. The molecule has 0 aliphatic heterocycles. The van der Waals surface area contributed by atoms with Crippen LogP contribution in [0.4, 0.5) is 11.5 Å². The average molecular weight is 436 g/mol. The molecule has 2 aromatic heterocycles. The van der Waals surface area contributed by atoms with Crippen LogP contribution in [0.2, 0.25) is 0 Å². The van der Waals surface area contributed by atoms with Crippen molar-refractivity contribution in [2.75, 3.05) is 23.7 Å². The van der Waals surface area contributed by atoms with E-state index in [1.54, 1.807) is 16.8 Å². The minimum atomic E-state index is -0.700. The molecule has 164 valence electrons. The number of carbonyl (C=O) groups is 2. The number of nitrogens with zero attached hydrogens (tertiary/aromatic N) is 2. The molecule has 2 rings (SSSR count). The van der Waals surface area contributed by atoms with Gasteiger partial charge in [-0.05, 0) is 23.3 Å². The van der Waals surface area contributed by atoms with Gasteiger partial charge in [0.15, 0.2) is 5.69 Å². The van der Waals surface area contributed by atoms with Crippen molar-refractivity contribution in [1.29, 1.82) is 0 Å². The van der Waals surface area contributed by atoms with E-state index in [2.05, 4.69) is 10.3 Å². The van der Waals surface area contributed by atoms with E-state index in [-0.39, 0.29) is 54.7 Å². The summed E-state index contributed by atoms with van der Waals surface area (Å²) in [6.45, 7) is 8.35. The lowest BCUT2D eigenvalue weighted by Crippen LogP contribution is -2.43. The van der Waals surface area contributed by atoms with Crippen molar-refractivity contribution in [3.63, 3.8) is 0 Å². The van der Waals surface area contributed by atoms with Gasteiger partial charge in [-0.2, -0.15) is 11.3 Å². The predicted octanol–water partition coefficient (Wildman–Crippen LogP) is 1.65. The molecule has 9 nitrogen and oxygen atoms in total. The Morgan fingerprint density at radius 2 is 1.93 bits per heavy atom. The second kappa shape index (κ2) is 10.2. The quantitative estimate of drug-likeness (QED) is 0.551. The molecule has 2 aromatic rings. The van der Waals surface area contributed by atoms with E-state index >= 15 is 0 Å². The summed E-state index contributed by atoms with van der Waals surface area (Å²) in [7, 11) is 0. The molecular formula is C20H29N5O4S. The number of nitrogens with one attached hydrogen (secondary N) is 2. The molecule has 0 unspecified atom stereocenters. The minimum absolute atomic E-state index is 0.00914. The van der Waals surface area contributed by atoms with Crippen LogP contribution in [0.5, 0.6) is 0 Å². The zero-order chi connectivity index (χ0) is 22.4. The first kappa shape index (κ1) is 23.4. The molecule has 0 atom stereocenters. The fourth-order valence-electron chi connectivity index (χ4n) is 2.98. The van der Waals surface area contributed by atoms with Crippen LogP contribution in [0, 0.1) is 11.8 Å². The number of anilines is 2. The van der Waals surface area contributed by atoms with Gasteiger partial charge in [0.25, 0.3) is 11.5 Å². The van der Waals surface area contributed by atoms with Crippen LogP contribution in [0.1, 0.15) is 44.5 Å². The molecule has 0 bridgehead atoms. The molecule has 0 saturated carbocycles. The maximum atomic E-state index is 13.0. The number of aromatic nitrogens is 2. The zero-order valence-corrected chi connectivity index (χ0v) is 18.5. The molecule has 2 amide bonds. The molecule has 0 radical (unpaired) electrons. The molecule has 30 heavy (non-hydrogen) atoms. The third-order valence-electron chi connectivity index (χ3n) is 4.29. The first-order chi connectivity index (χ1) is 14.1. The Morgan fingerprint density at radius 1 is 1.23 bits per heavy atom. The van der Waals surface area contributed by atoms with Crippen LogP contribution >= 0.6 is 11.3 Å². The highest BCUT2D eigenvalue weighted by Crippen LogP contribution is 2.20. The van der Waals surface area contributed by atoms with Gasteiger partial charge in [0.1, 0.15) is 5.82 Å². The summed E-state index contributed by atoms with van der Waals surface area (Å²) in [6.07, 6.45) is -0.00914. The van der Waals surface area contributed by atoms with Gasteiger partial charge in [-0.1, -0.05) is 27.7 Å². The summed E-state index contributed by atoms with van der Waals surface area (Å²) in [5.41, 5.74) is 5.37. The number of nitrogen functional groups attached to an aromatic ring is 1. The fraction of sp³-hybridized carbons (Fsp3) is 0.500. The van der Waals surface area contributed by atoms with Crippen molar-refractivity contribution in [1.82, 2.24) is 14.9 Å². The number of rotatable bonds is 9. The highest BCUT2D eigenvalue weighted by atomic mass is 32.1. The summed E-state index contributed by atoms with van der Waals surface area (Å²) in [4.78, 5) is 53.3. The van der Waals surface area contributed by atoms with Crippen LogP contribution in [0.25, 0.3) is 0 Å². The van der Waals surface area contributed by atoms with Gasteiger partial charge in [-0.25, -0.2) is 4.79 Å². The van der Waals surface area contributed by atoms with Crippen molar-refractivity contribution in [2.24, 2.45) is 11.8 Å². The Bertz CT molecular complexity index is 992. The molecule has 0 aliphatic rings. The van der Waals surface area contributed by atoms with Crippen LogP contribution in [-0.4, -0.2) is 34.5 Å². The zero-order valence-electron chi connectivity index (χ0n) is 17.7. The molecule has 4 N–H and O–H groups in total. The Labute approximate surface area is 178 Å². The third-order valence-corrected chi connectivity index (χ3v) is 4.97. The van der Waals surface area contributed by atoms with Gasteiger partial charge in [-0.15, -0.1) is 0 Å². The van der Waals surface area contributed by atoms with Gasteiger partial charge in [0.05, 0.1) is 0 Å². The molecule has 0 saturated heterocycles. The second-order valence-electron chi connectivity index (χ2n) is 7.91. The summed E-state index contributed by atoms with van der Waals surface area (Å²) in [5, 5.41) is 6.22. The molecule has 10 heteroatoms. The van der Waals surface area contributed by atoms with Crippen molar-refractivity contribution in [2.45, 2.75) is 40.7 Å². The number of H-pyrrole nitrogens is 1. The van der Waals surface area contributed by atoms with E-state index in [4.69, 9.17) is 5.73 Å². The summed E-state index contributed by atoms with van der Waals surface area (Å²) >= 11 is 1.41. The number of hydrogen-bond acceptors (Lipinski definition) is 6. The number of amides is 2. The average Bonchev–Trinajstić information content (AvgIpc) is 3.18. The minimum Gasteiger partial charge on any atom is -0.383 e. The maximum absolute atomic E-state index is 13.0. The Hall–Kier alpha value is -2.88. The van der Waals surface area contributed by atoms with Gasteiger partial charge >= 0.3 is 5.69 Å². The lowest BCUT2D eigenvalue weighted by molar-refractivity contribution is -0.118. The number of aromatic amines is 1. The number of carbonyl (C=O) groups excluding carboxylic acids is 2. The van der Waals surface area contributed by atoms with Gasteiger partial charge in [0.2, 0.25) is 5.91 Å². The van der Waals surface area contributed by atoms with Gasteiger partial charge in [-0.3, -0.25) is 23.9 Å². The monoisotopic (exact) mass is 435 g/mol. The number of nitrogens with two attached hydrogens (primary N) is 1. The Kier molecular flexibility index (Phi) is 7.99. The molecule has 0 aliphatic carbocycles. The molecular weight excluding hydrogens is 406 g/mol. The fourth-order valence-corrected chi connectivity index (χ4v) is 3.62. The lowest BCUT2D eigenvalue weighted by atomic mass is 10.1. The van der Waals surface area contributed by atoms with Crippen molar-refractivity contribution in [3.05, 3.63) is 43.2 Å². The molecule has 0 spiro atoms. The lowest BCUT2D eigenvalue weighted by Gasteiger charge is -2.26. The molecule has 0 fully saturated rings. The van der Waals surface area contributed by atoms with Crippen LogP contribution < -0.4 is 27.2 Å². The third kappa shape index (κ3) is 5.82. The van der Waals surface area contributed by atoms with Crippen LogP contribution in [-0.2, 0) is 11.3 Å². The van der Waals surface area contributed by atoms with E-state index < -0.39 is 11.2 Å². The van der Waals surface area contributed by atoms with Crippen molar-refractivity contribution in [3.8, 4) is 0 Å². The number of hydrogen-bond donors (Lipinski definition) is 3. The Balaban J connectivity index is 2.26. The van der Waals surface area contributed by atoms with Crippen molar-refractivity contribution < 1.29 is 9.59 Å². The van der Waals surface area contributed by atoms with E-state index in [1.165, 1.54) is 20.8 Å². The van der Waals surface area contributed by atoms with E-state index in [0.29, 0.717) is 12.1 Å². The first-order valence-corrected chi connectivity index (χ1v) is 10.8. The van der Waals surface area contributed by atoms with E-state index in [1.807, 2.05) is 27.7 Å². The van der Waals surface area contributed by atoms with Crippen LogP contribution in [0.3, 0.4) is 0 Å². The Morgan fingerprint density at radius 3 is 2.50 bits per heavy atom. The summed E-state index contributed by atoms with van der Waals surface area (Å²) in [5.74, 6) is -0.485. The summed E-state index contributed by atoms with van der Waals surface area (Å²) < 4.78 is 1.28. The normalized spacial score (nSPS) is 11.1. The van der Waals surface area contributed by atoms with Crippen molar-refractivity contribution >= 4 is 34.7 Å².